The molecule has 0 spiro atoms. The molecule has 2 rings (SSSR count). The lowest BCUT2D eigenvalue weighted by molar-refractivity contribution is 1.05. The number of aromatic nitrogens is 2. The van der Waals surface area contributed by atoms with Crippen LogP contribution in [0.2, 0.25) is 0 Å². The van der Waals surface area contributed by atoms with Crippen LogP contribution in [-0.2, 0) is 0 Å². The van der Waals surface area contributed by atoms with Crippen molar-refractivity contribution in [3.63, 3.8) is 0 Å². The number of rotatable bonds is 1. The van der Waals surface area contributed by atoms with Gasteiger partial charge in [0.25, 0.3) is 5.56 Å². The lowest BCUT2D eigenvalue weighted by Crippen LogP contribution is -2.14. The Morgan fingerprint density at radius 1 is 1.12 bits per heavy atom. The molecule has 0 saturated carbocycles. The quantitative estimate of drug-likeness (QED) is 0.812. The summed E-state index contributed by atoms with van der Waals surface area (Å²) >= 11 is 2.01. The second-order valence-corrected chi connectivity index (χ2v) is 5.27. The summed E-state index contributed by atoms with van der Waals surface area (Å²) in [5, 5.41) is 0. The van der Waals surface area contributed by atoms with Crippen molar-refractivity contribution in [1.82, 2.24) is 9.97 Å². The van der Waals surface area contributed by atoms with E-state index in [4.69, 9.17) is 0 Å². The molecule has 3 nitrogen and oxygen atoms in total. The van der Waals surface area contributed by atoms with Crippen LogP contribution < -0.4 is 5.56 Å². The highest BCUT2D eigenvalue weighted by atomic mass is 127. The third-order valence-corrected chi connectivity index (χ3v) is 3.79. The van der Waals surface area contributed by atoms with E-state index >= 15 is 0 Å². The van der Waals surface area contributed by atoms with E-state index in [-0.39, 0.29) is 5.56 Å². The van der Waals surface area contributed by atoms with E-state index < -0.39 is 0 Å². The van der Waals surface area contributed by atoms with E-state index in [1.54, 1.807) is 0 Å². The van der Waals surface area contributed by atoms with Gasteiger partial charge < -0.3 is 4.98 Å². The topological polar surface area (TPSA) is 45.8 Å². The smallest absolute Gasteiger partial charge is 0.264 e. The summed E-state index contributed by atoms with van der Waals surface area (Å²) in [6.07, 6.45) is 0. The van der Waals surface area contributed by atoms with Gasteiger partial charge >= 0.3 is 0 Å². The molecule has 0 fully saturated rings. The molecule has 88 valence electrons. The Morgan fingerprint density at radius 2 is 1.71 bits per heavy atom. The fourth-order valence-electron chi connectivity index (χ4n) is 1.82. The zero-order valence-electron chi connectivity index (χ0n) is 9.97. The summed E-state index contributed by atoms with van der Waals surface area (Å²) in [4.78, 5) is 18.9. The van der Waals surface area contributed by atoms with Gasteiger partial charge in [-0.3, -0.25) is 4.79 Å². The average Bonchev–Trinajstić information content (AvgIpc) is 2.23. The molecule has 2 aromatic rings. The van der Waals surface area contributed by atoms with Gasteiger partial charge in [0.05, 0.1) is 9.26 Å². The first-order valence-electron chi connectivity index (χ1n) is 5.32. The molecule has 4 heteroatoms. The number of H-pyrrole nitrogens is 1. The zero-order valence-corrected chi connectivity index (χ0v) is 12.1. The van der Waals surface area contributed by atoms with E-state index in [2.05, 4.69) is 16.0 Å². The molecule has 0 aliphatic rings. The van der Waals surface area contributed by atoms with Crippen LogP contribution in [-0.4, -0.2) is 9.97 Å². The third-order valence-electron chi connectivity index (χ3n) is 2.52. The van der Waals surface area contributed by atoms with Crippen LogP contribution in [0.4, 0.5) is 0 Å². The fourth-order valence-corrected chi connectivity index (χ4v) is 2.08. The molecule has 0 radical (unpaired) electrons. The molecule has 1 aromatic heterocycles. The minimum Gasteiger partial charge on any atom is -0.306 e. The maximum Gasteiger partial charge on any atom is 0.264 e. The first-order chi connectivity index (χ1) is 7.97. The van der Waals surface area contributed by atoms with Gasteiger partial charge in [0.1, 0.15) is 5.82 Å². The van der Waals surface area contributed by atoms with Gasteiger partial charge in [0.2, 0.25) is 0 Å². The Labute approximate surface area is 113 Å². The van der Waals surface area contributed by atoms with Gasteiger partial charge in [-0.2, -0.15) is 0 Å². The lowest BCUT2D eigenvalue weighted by atomic mass is 10.1. The summed E-state index contributed by atoms with van der Waals surface area (Å²) in [6, 6.07) is 6.15. The summed E-state index contributed by atoms with van der Waals surface area (Å²) < 4.78 is 0.649. The van der Waals surface area contributed by atoms with Crippen LogP contribution >= 0.6 is 22.6 Å². The molecule has 0 aliphatic heterocycles. The molecule has 17 heavy (non-hydrogen) atoms. The van der Waals surface area contributed by atoms with Crippen LogP contribution in [0.5, 0.6) is 0 Å². The van der Waals surface area contributed by atoms with Crippen molar-refractivity contribution in [1.29, 1.82) is 0 Å². The van der Waals surface area contributed by atoms with Gasteiger partial charge in [0, 0.05) is 5.56 Å². The molecule has 1 heterocycles. The van der Waals surface area contributed by atoms with Crippen molar-refractivity contribution in [3.8, 4) is 11.4 Å². The number of benzene rings is 1. The highest BCUT2D eigenvalue weighted by Gasteiger charge is 2.07. The number of aromatic amines is 1. The van der Waals surface area contributed by atoms with E-state index in [1.807, 2.05) is 55.5 Å². The number of halogens is 1. The normalized spacial score (nSPS) is 10.6. The highest BCUT2D eigenvalue weighted by Crippen LogP contribution is 2.18. The summed E-state index contributed by atoms with van der Waals surface area (Å²) in [6.45, 7) is 5.92. The minimum atomic E-state index is -0.0766. The SMILES string of the molecule is Cc1cc(C)cc(-c2nc(C)c(I)c(=O)[nH]2)c1. The fraction of sp³-hybridized carbons (Fsp3) is 0.231. The van der Waals surface area contributed by atoms with Gasteiger partial charge in [-0.05, 0) is 55.5 Å². The van der Waals surface area contributed by atoms with Crippen molar-refractivity contribution >= 4 is 22.6 Å². The molecule has 0 amide bonds. The average molecular weight is 340 g/mol. The number of hydrogen-bond donors (Lipinski definition) is 1. The van der Waals surface area contributed by atoms with Gasteiger partial charge in [-0.1, -0.05) is 17.2 Å². The summed E-state index contributed by atoms with van der Waals surface area (Å²) in [7, 11) is 0. The first-order valence-corrected chi connectivity index (χ1v) is 6.40. The summed E-state index contributed by atoms with van der Waals surface area (Å²) in [5.74, 6) is 0.639. The zero-order chi connectivity index (χ0) is 12.6. The lowest BCUT2D eigenvalue weighted by Gasteiger charge is -2.06. The first kappa shape index (κ1) is 12.3. The maximum absolute atomic E-state index is 11.7. The van der Waals surface area contributed by atoms with E-state index in [0.29, 0.717) is 9.39 Å². The predicted octanol–water partition coefficient (Wildman–Crippen LogP) is 2.97. The molecule has 1 aromatic carbocycles. The van der Waals surface area contributed by atoms with Crippen molar-refractivity contribution < 1.29 is 0 Å². The van der Waals surface area contributed by atoms with Gasteiger partial charge in [0.15, 0.2) is 0 Å². The Morgan fingerprint density at radius 3 is 2.24 bits per heavy atom. The molecular formula is C13H13IN2O. The molecule has 0 atom stereocenters. The molecule has 1 N–H and O–H groups in total. The Bertz CT molecular complexity index is 612. The Hall–Kier alpha value is -1.17. The molecule has 0 bridgehead atoms. The monoisotopic (exact) mass is 340 g/mol. The van der Waals surface area contributed by atoms with Crippen molar-refractivity contribution in [3.05, 3.63) is 48.9 Å². The van der Waals surface area contributed by atoms with E-state index in [0.717, 1.165) is 11.3 Å². The molecule has 0 unspecified atom stereocenters. The van der Waals surface area contributed by atoms with Gasteiger partial charge in [-0.25, -0.2) is 4.98 Å². The standard InChI is InChI=1S/C13H13IN2O/c1-7-4-8(2)6-10(5-7)12-15-9(3)11(14)13(17)16-12/h4-6H,1-3H3,(H,15,16,17). The van der Waals surface area contributed by atoms with E-state index in [9.17, 15) is 4.79 Å². The molecule has 0 saturated heterocycles. The predicted molar refractivity (Wildman–Crippen MR) is 77.2 cm³/mol. The number of nitrogens with zero attached hydrogens (tertiary/aromatic N) is 1. The Kier molecular flexibility index (Phi) is 3.33. The van der Waals surface area contributed by atoms with Crippen LogP contribution in [0.1, 0.15) is 16.8 Å². The second kappa shape index (κ2) is 4.60. The Balaban J connectivity index is 2.65. The minimum absolute atomic E-state index is 0.0766. The maximum atomic E-state index is 11.7. The van der Waals surface area contributed by atoms with E-state index in [1.165, 1.54) is 11.1 Å². The molecular weight excluding hydrogens is 327 g/mol. The number of aryl methyl sites for hydroxylation is 3. The summed E-state index contributed by atoms with van der Waals surface area (Å²) in [5.41, 5.74) is 3.98. The van der Waals surface area contributed by atoms with Crippen LogP contribution in [0.3, 0.4) is 0 Å². The second-order valence-electron chi connectivity index (χ2n) is 4.19. The number of hydrogen-bond acceptors (Lipinski definition) is 2. The largest absolute Gasteiger partial charge is 0.306 e. The third kappa shape index (κ3) is 2.57. The van der Waals surface area contributed by atoms with Crippen molar-refractivity contribution in [2.24, 2.45) is 0 Å². The van der Waals surface area contributed by atoms with Crippen molar-refractivity contribution in [2.75, 3.05) is 0 Å². The van der Waals surface area contributed by atoms with Crippen LogP contribution in [0, 0.1) is 24.3 Å². The van der Waals surface area contributed by atoms with Crippen molar-refractivity contribution in [2.45, 2.75) is 20.8 Å². The van der Waals surface area contributed by atoms with Crippen LogP contribution in [0.25, 0.3) is 11.4 Å². The van der Waals surface area contributed by atoms with Crippen LogP contribution in [0.15, 0.2) is 23.0 Å². The highest BCUT2D eigenvalue weighted by molar-refractivity contribution is 14.1. The molecule has 0 aliphatic carbocycles. The number of nitrogens with one attached hydrogen (secondary N) is 1. The van der Waals surface area contributed by atoms with Gasteiger partial charge in [-0.15, -0.1) is 0 Å².